The fraction of sp³-hybridized carbons (Fsp3) is 0.414. The minimum absolute atomic E-state index is 0.00455. The lowest BCUT2D eigenvalue weighted by Crippen LogP contribution is -2.48. The molecule has 2 saturated heterocycles. The summed E-state index contributed by atoms with van der Waals surface area (Å²) in [7, 11) is 0. The van der Waals surface area contributed by atoms with Gasteiger partial charge in [-0.25, -0.2) is 4.98 Å². The molecule has 0 aliphatic carbocycles. The number of ketones is 1. The summed E-state index contributed by atoms with van der Waals surface area (Å²) in [6.07, 6.45) is -3.66. The van der Waals surface area contributed by atoms with Crippen molar-refractivity contribution in [2.24, 2.45) is 0 Å². The standard InChI is InChI=1S/C29H30ClF3N4O3S/c1-19-26(24(38)18-35-13-15-36(16-14-35)22-6-4-5-21(30)17-22)34-27(41-19)20-9-11-37(12-10-20)28(39)23-7-2-3-8-25(23)40-29(31,32)33/h2-8,17,20H,9-16,18H2,1H3. The Hall–Kier alpha value is -3.15. The molecule has 2 aliphatic rings. The van der Waals surface area contributed by atoms with Crippen molar-refractivity contribution >= 4 is 40.3 Å². The van der Waals surface area contributed by atoms with Crippen molar-refractivity contribution in [1.82, 2.24) is 14.8 Å². The predicted octanol–water partition coefficient (Wildman–Crippen LogP) is 6.03. The quantitative estimate of drug-likeness (QED) is 0.306. The molecule has 0 N–H and O–H groups in total. The fourth-order valence-corrected chi connectivity index (χ4v) is 6.62. The molecule has 1 aromatic heterocycles. The van der Waals surface area contributed by atoms with Crippen LogP contribution >= 0.6 is 22.9 Å². The molecule has 218 valence electrons. The van der Waals surface area contributed by atoms with E-state index in [0.717, 1.165) is 47.8 Å². The van der Waals surface area contributed by atoms with E-state index in [-0.39, 0.29) is 17.3 Å². The molecular weight excluding hydrogens is 577 g/mol. The number of carbonyl (C=O) groups is 2. The minimum atomic E-state index is -4.88. The lowest BCUT2D eigenvalue weighted by atomic mass is 9.97. The fourth-order valence-electron chi connectivity index (χ4n) is 5.32. The number of aryl methyl sites for hydroxylation is 1. The largest absolute Gasteiger partial charge is 0.573 e. The van der Waals surface area contributed by atoms with Gasteiger partial charge in [0.2, 0.25) is 0 Å². The second kappa shape index (κ2) is 12.4. The molecular formula is C29H30ClF3N4O3S. The first-order valence-corrected chi connectivity index (χ1v) is 14.6. The maximum Gasteiger partial charge on any atom is 0.573 e. The number of aromatic nitrogens is 1. The third-order valence-corrected chi connectivity index (χ3v) is 8.83. The molecule has 0 saturated carbocycles. The molecule has 0 radical (unpaired) electrons. The highest BCUT2D eigenvalue weighted by atomic mass is 35.5. The molecule has 2 aromatic carbocycles. The van der Waals surface area contributed by atoms with Gasteiger partial charge in [-0.05, 0) is 50.1 Å². The first-order valence-electron chi connectivity index (χ1n) is 13.4. The highest BCUT2D eigenvalue weighted by Crippen LogP contribution is 2.34. The van der Waals surface area contributed by atoms with Crippen molar-refractivity contribution < 1.29 is 27.5 Å². The molecule has 2 fully saturated rings. The first-order chi connectivity index (χ1) is 19.6. The van der Waals surface area contributed by atoms with Crippen molar-refractivity contribution in [1.29, 1.82) is 0 Å². The normalized spacial score (nSPS) is 17.1. The summed E-state index contributed by atoms with van der Waals surface area (Å²) < 4.78 is 42.4. The summed E-state index contributed by atoms with van der Waals surface area (Å²) in [6.45, 7) is 6.10. The predicted molar refractivity (Wildman–Crippen MR) is 152 cm³/mol. The second-order valence-corrected chi connectivity index (χ2v) is 11.9. The number of rotatable bonds is 7. The van der Waals surface area contributed by atoms with E-state index in [2.05, 4.69) is 14.5 Å². The van der Waals surface area contributed by atoms with Gasteiger partial charge in [-0.15, -0.1) is 24.5 Å². The molecule has 41 heavy (non-hydrogen) atoms. The maximum atomic E-state index is 13.2. The van der Waals surface area contributed by atoms with Crippen molar-refractivity contribution in [2.75, 3.05) is 50.7 Å². The Labute approximate surface area is 245 Å². The van der Waals surface area contributed by atoms with Gasteiger partial charge in [0, 0.05) is 60.8 Å². The number of likely N-dealkylation sites (tertiary alicyclic amines) is 1. The van der Waals surface area contributed by atoms with Crippen molar-refractivity contribution in [3.8, 4) is 5.75 Å². The molecule has 2 aliphatic heterocycles. The number of hydrogen-bond acceptors (Lipinski definition) is 7. The summed E-state index contributed by atoms with van der Waals surface area (Å²) in [5, 5.41) is 1.57. The van der Waals surface area contributed by atoms with Crippen LogP contribution in [0.3, 0.4) is 0 Å². The van der Waals surface area contributed by atoms with Crippen LogP contribution in [0.1, 0.15) is 49.5 Å². The average molecular weight is 607 g/mol. The van der Waals surface area contributed by atoms with Crippen LogP contribution in [0.2, 0.25) is 5.02 Å². The van der Waals surface area contributed by atoms with E-state index in [1.807, 2.05) is 31.2 Å². The third kappa shape index (κ3) is 7.20. The number of halogens is 4. The van der Waals surface area contributed by atoms with Crippen LogP contribution < -0.4 is 9.64 Å². The van der Waals surface area contributed by atoms with E-state index in [1.165, 1.54) is 29.5 Å². The molecule has 0 bridgehead atoms. The van der Waals surface area contributed by atoms with Gasteiger partial charge in [-0.1, -0.05) is 29.8 Å². The second-order valence-electron chi connectivity index (χ2n) is 10.2. The van der Waals surface area contributed by atoms with Crippen molar-refractivity contribution in [2.45, 2.75) is 32.0 Å². The topological polar surface area (TPSA) is 66.0 Å². The number of alkyl halides is 3. The molecule has 12 heteroatoms. The molecule has 0 atom stereocenters. The zero-order valence-electron chi connectivity index (χ0n) is 22.5. The maximum absolute atomic E-state index is 13.2. The number of para-hydroxylation sites is 1. The molecule has 5 rings (SSSR count). The number of amides is 1. The van der Waals surface area contributed by atoms with Gasteiger partial charge in [-0.3, -0.25) is 14.5 Å². The van der Waals surface area contributed by atoms with E-state index < -0.39 is 18.0 Å². The molecule has 7 nitrogen and oxygen atoms in total. The van der Waals surface area contributed by atoms with E-state index >= 15 is 0 Å². The summed E-state index contributed by atoms with van der Waals surface area (Å²) >= 11 is 7.64. The lowest BCUT2D eigenvalue weighted by Gasteiger charge is -2.35. The number of Topliss-reactive ketones (excluding diaryl/α,β-unsaturated/α-hetero) is 1. The van der Waals surface area contributed by atoms with Crippen LogP contribution in [0.25, 0.3) is 0 Å². The van der Waals surface area contributed by atoms with Crippen LogP contribution in [0.15, 0.2) is 48.5 Å². The molecule has 0 spiro atoms. The number of benzene rings is 2. The highest BCUT2D eigenvalue weighted by Gasteiger charge is 2.34. The van der Waals surface area contributed by atoms with E-state index in [9.17, 15) is 22.8 Å². The Morgan fingerprint density at radius 2 is 1.73 bits per heavy atom. The van der Waals surface area contributed by atoms with Gasteiger partial charge in [0.15, 0.2) is 5.78 Å². The molecule has 3 heterocycles. The molecule has 3 aromatic rings. The molecule has 1 amide bonds. The van der Waals surface area contributed by atoms with Gasteiger partial charge in [0.05, 0.1) is 17.1 Å². The Balaban J connectivity index is 1.15. The summed E-state index contributed by atoms with van der Waals surface area (Å²) in [4.78, 5) is 37.7. The highest BCUT2D eigenvalue weighted by molar-refractivity contribution is 7.12. The Bertz CT molecular complexity index is 1400. The number of ether oxygens (including phenoxy) is 1. The average Bonchev–Trinajstić information content (AvgIpc) is 3.34. The zero-order valence-corrected chi connectivity index (χ0v) is 24.1. The number of piperazine rings is 1. The van der Waals surface area contributed by atoms with Gasteiger partial charge < -0.3 is 14.5 Å². The number of anilines is 1. The van der Waals surface area contributed by atoms with Gasteiger partial charge >= 0.3 is 6.36 Å². The van der Waals surface area contributed by atoms with Crippen molar-refractivity contribution in [3.63, 3.8) is 0 Å². The van der Waals surface area contributed by atoms with Crippen LogP contribution in [-0.2, 0) is 0 Å². The van der Waals surface area contributed by atoms with Crippen LogP contribution in [0.5, 0.6) is 5.75 Å². The van der Waals surface area contributed by atoms with Crippen LogP contribution in [-0.4, -0.2) is 78.6 Å². The first kappa shape index (κ1) is 29.3. The summed E-state index contributed by atoms with van der Waals surface area (Å²) in [5.41, 5.74) is 1.46. The molecule has 0 unspecified atom stereocenters. The monoisotopic (exact) mass is 606 g/mol. The van der Waals surface area contributed by atoms with E-state index in [0.29, 0.717) is 43.2 Å². The Kier molecular flexibility index (Phi) is 8.86. The smallest absolute Gasteiger partial charge is 0.405 e. The number of nitrogens with zero attached hydrogens (tertiary/aromatic N) is 4. The van der Waals surface area contributed by atoms with Crippen LogP contribution in [0, 0.1) is 6.92 Å². The number of piperidine rings is 1. The summed E-state index contributed by atoms with van der Waals surface area (Å²) in [6, 6.07) is 13.2. The third-order valence-electron chi connectivity index (χ3n) is 7.46. The van der Waals surface area contributed by atoms with Gasteiger partial charge in [0.25, 0.3) is 5.91 Å². The van der Waals surface area contributed by atoms with E-state index in [1.54, 1.807) is 4.90 Å². The summed E-state index contributed by atoms with van der Waals surface area (Å²) in [5.74, 6) is -0.927. The SMILES string of the molecule is Cc1sc(C2CCN(C(=O)c3ccccc3OC(F)(F)F)CC2)nc1C(=O)CN1CCN(c2cccc(Cl)c2)CC1. The number of thiazole rings is 1. The van der Waals surface area contributed by atoms with Gasteiger partial charge in [0.1, 0.15) is 11.4 Å². The van der Waals surface area contributed by atoms with Crippen molar-refractivity contribution in [3.05, 3.63) is 74.7 Å². The number of carbonyl (C=O) groups excluding carboxylic acids is 2. The van der Waals surface area contributed by atoms with Gasteiger partial charge in [-0.2, -0.15) is 0 Å². The Morgan fingerprint density at radius 1 is 1.02 bits per heavy atom. The lowest BCUT2D eigenvalue weighted by molar-refractivity contribution is -0.274. The number of hydrogen-bond donors (Lipinski definition) is 0. The zero-order chi connectivity index (χ0) is 29.1. The van der Waals surface area contributed by atoms with Crippen LogP contribution in [0.4, 0.5) is 18.9 Å². The Morgan fingerprint density at radius 3 is 2.41 bits per heavy atom. The van der Waals surface area contributed by atoms with E-state index in [4.69, 9.17) is 16.6 Å². The minimum Gasteiger partial charge on any atom is -0.405 e.